The standard InChI is InChI=1S/C31H30N4O3/c1-3-4-17-32-29(36)22-10-6-8-12-25(22)35-30(37)26-18-23-21-9-5-7-11-24(21)33-27(23)28(34(26)31(35)38)20-15-13-19(2)14-16-20/h5-16,26,28,33H,3-4,17-18H2,1-2H3,(H,32,36). The maximum Gasteiger partial charge on any atom is 0.332 e. The molecule has 2 aliphatic heterocycles. The smallest absolute Gasteiger partial charge is 0.332 e. The molecule has 3 heterocycles. The van der Waals surface area contributed by atoms with Crippen molar-refractivity contribution in [3.63, 3.8) is 0 Å². The van der Waals surface area contributed by atoms with Gasteiger partial charge < -0.3 is 10.3 Å². The highest BCUT2D eigenvalue weighted by atomic mass is 16.2. The molecule has 2 unspecified atom stereocenters. The largest absolute Gasteiger partial charge is 0.356 e. The Labute approximate surface area is 221 Å². The van der Waals surface area contributed by atoms with E-state index >= 15 is 0 Å². The Morgan fingerprint density at radius 1 is 1.00 bits per heavy atom. The van der Waals surface area contributed by atoms with Crippen molar-refractivity contribution in [2.75, 3.05) is 11.4 Å². The van der Waals surface area contributed by atoms with Crippen molar-refractivity contribution in [1.82, 2.24) is 15.2 Å². The lowest BCUT2D eigenvalue weighted by molar-refractivity contribution is -0.120. The Morgan fingerprint density at radius 3 is 2.53 bits per heavy atom. The second kappa shape index (κ2) is 9.49. The zero-order valence-electron chi connectivity index (χ0n) is 21.5. The second-order valence-corrected chi connectivity index (χ2v) is 10.1. The van der Waals surface area contributed by atoms with Crippen LogP contribution in [-0.4, -0.2) is 40.3 Å². The number of carbonyl (C=O) groups excluding carboxylic acids is 3. The Balaban J connectivity index is 1.45. The molecule has 1 fully saturated rings. The first-order valence-electron chi connectivity index (χ1n) is 13.2. The fraction of sp³-hybridized carbons (Fsp3) is 0.258. The van der Waals surface area contributed by atoms with E-state index in [0.29, 0.717) is 24.2 Å². The van der Waals surface area contributed by atoms with E-state index in [1.807, 2.05) is 49.4 Å². The molecule has 38 heavy (non-hydrogen) atoms. The molecule has 0 bridgehead atoms. The topological polar surface area (TPSA) is 85.5 Å². The number of hydrogen-bond donors (Lipinski definition) is 2. The van der Waals surface area contributed by atoms with E-state index in [4.69, 9.17) is 0 Å². The Morgan fingerprint density at radius 2 is 1.74 bits per heavy atom. The van der Waals surface area contributed by atoms with E-state index < -0.39 is 18.1 Å². The maximum atomic E-state index is 14.1. The van der Waals surface area contributed by atoms with Crippen LogP contribution in [0.1, 0.15) is 58.5 Å². The number of imide groups is 1. The van der Waals surface area contributed by atoms with Crippen LogP contribution in [0.25, 0.3) is 10.9 Å². The molecule has 2 aliphatic rings. The maximum absolute atomic E-state index is 14.1. The molecule has 4 amide bonds. The van der Waals surface area contributed by atoms with Gasteiger partial charge in [0, 0.05) is 29.6 Å². The fourth-order valence-corrected chi connectivity index (χ4v) is 5.73. The van der Waals surface area contributed by atoms with Gasteiger partial charge in [0.2, 0.25) is 0 Å². The molecule has 2 N–H and O–H groups in total. The van der Waals surface area contributed by atoms with Crippen LogP contribution < -0.4 is 10.2 Å². The number of aromatic nitrogens is 1. The van der Waals surface area contributed by atoms with Crippen LogP contribution in [0, 0.1) is 6.92 Å². The second-order valence-electron chi connectivity index (χ2n) is 10.1. The first-order valence-corrected chi connectivity index (χ1v) is 13.2. The first kappa shape index (κ1) is 24.0. The van der Waals surface area contributed by atoms with Crippen LogP contribution in [0.2, 0.25) is 0 Å². The summed E-state index contributed by atoms with van der Waals surface area (Å²) in [4.78, 5) is 47.6. The number of anilines is 1. The van der Waals surface area contributed by atoms with Gasteiger partial charge >= 0.3 is 6.03 Å². The Kier molecular flexibility index (Phi) is 5.98. The van der Waals surface area contributed by atoms with Crippen LogP contribution in [0.3, 0.4) is 0 Å². The number of urea groups is 1. The molecule has 6 rings (SSSR count). The van der Waals surface area contributed by atoms with Crippen molar-refractivity contribution in [3.8, 4) is 0 Å². The summed E-state index contributed by atoms with van der Waals surface area (Å²) in [6, 6.07) is 21.5. The molecule has 2 atom stereocenters. The molecule has 0 aliphatic carbocycles. The van der Waals surface area contributed by atoms with Crippen molar-refractivity contribution in [2.24, 2.45) is 0 Å². The summed E-state index contributed by atoms with van der Waals surface area (Å²) >= 11 is 0. The van der Waals surface area contributed by atoms with Crippen LogP contribution in [0.15, 0.2) is 72.8 Å². The third kappa shape index (κ3) is 3.77. The van der Waals surface area contributed by atoms with Crippen LogP contribution in [0.4, 0.5) is 10.5 Å². The minimum Gasteiger partial charge on any atom is -0.356 e. The van der Waals surface area contributed by atoms with Gasteiger partial charge in [-0.1, -0.05) is 73.5 Å². The highest BCUT2D eigenvalue weighted by molar-refractivity contribution is 6.24. The number of rotatable bonds is 6. The van der Waals surface area contributed by atoms with Crippen LogP contribution in [0.5, 0.6) is 0 Å². The molecule has 7 heteroatoms. The number of benzene rings is 3. The number of H-pyrrole nitrogens is 1. The van der Waals surface area contributed by atoms with Gasteiger partial charge in [0.15, 0.2) is 0 Å². The van der Waals surface area contributed by atoms with Gasteiger partial charge in [-0.15, -0.1) is 0 Å². The molecule has 1 saturated heterocycles. The lowest BCUT2D eigenvalue weighted by Gasteiger charge is -2.36. The normalized spacial score (nSPS) is 18.6. The van der Waals surface area contributed by atoms with Crippen molar-refractivity contribution < 1.29 is 14.4 Å². The quantitative estimate of drug-likeness (QED) is 0.268. The lowest BCUT2D eigenvalue weighted by Crippen LogP contribution is -2.44. The highest BCUT2D eigenvalue weighted by Gasteiger charge is 2.53. The summed E-state index contributed by atoms with van der Waals surface area (Å²) < 4.78 is 0. The number of nitrogens with one attached hydrogen (secondary N) is 2. The van der Waals surface area contributed by atoms with Gasteiger partial charge in [0.05, 0.1) is 11.3 Å². The fourth-order valence-electron chi connectivity index (χ4n) is 5.73. The van der Waals surface area contributed by atoms with E-state index in [9.17, 15) is 14.4 Å². The zero-order valence-corrected chi connectivity index (χ0v) is 21.5. The van der Waals surface area contributed by atoms with Gasteiger partial charge in [0.1, 0.15) is 12.1 Å². The van der Waals surface area contributed by atoms with E-state index in [-0.39, 0.29) is 11.8 Å². The Hall–Kier alpha value is -4.39. The average molecular weight is 507 g/mol. The monoisotopic (exact) mass is 506 g/mol. The number of carbonyl (C=O) groups is 3. The Bertz CT molecular complexity index is 1560. The van der Waals surface area contributed by atoms with Gasteiger partial charge in [0.25, 0.3) is 11.8 Å². The molecule has 7 nitrogen and oxygen atoms in total. The lowest BCUT2D eigenvalue weighted by atomic mass is 9.88. The summed E-state index contributed by atoms with van der Waals surface area (Å²) in [7, 11) is 0. The van der Waals surface area contributed by atoms with E-state index in [0.717, 1.165) is 46.1 Å². The molecule has 0 saturated carbocycles. The van der Waals surface area contributed by atoms with Gasteiger partial charge in [-0.3, -0.25) is 14.5 Å². The SMILES string of the molecule is CCCCNC(=O)c1ccccc1N1C(=O)C2Cc3c([nH]c4ccccc34)C(c3ccc(C)cc3)N2C1=O. The number of fused-ring (bicyclic) bond motifs is 4. The molecule has 0 radical (unpaired) electrons. The molecular weight excluding hydrogens is 476 g/mol. The molecular formula is C31H30N4O3. The number of unbranched alkanes of at least 4 members (excludes halogenated alkanes) is 1. The third-order valence-electron chi connectivity index (χ3n) is 7.65. The van der Waals surface area contributed by atoms with Crippen LogP contribution >= 0.6 is 0 Å². The molecule has 4 aromatic rings. The average Bonchev–Trinajstić information content (AvgIpc) is 3.42. The number of para-hydroxylation sites is 2. The zero-order chi connectivity index (χ0) is 26.4. The number of aromatic amines is 1. The predicted octanol–water partition coefficient (Wildman–Crippen LogP) is 5.49. The minimum absolute atomic E-state index is 0.286. The summed E-state index contributed by atoms with van der Waals surface area (Å²) in [5.41, 5.74) is 5.67. The number of hydrogen-bond acceptors (Lipinski definition) is 3. The highest BCUT2D eigenvalue weighted by Crippen LogP contribution is 2.45. The number of amides is 4. The van der Waals surface area contributed by atoms with Crippen molar-refractivity contribution in [3.05, 3.63) is 101 Å². The summed E-state index contributed by atoms with van der Waals surface area (Å²) in [5, 5.41) is 3.98. The summed E-state index contributed by atoms with van der Waals surface area (Å²) in [5.74, 6) is -0.595. The summed E-state index contributed by atoms with van der Waals surface area (Å²) in [6.07, 6.45) is 2.22. The van der Waals surface area contributed by atoms with Gasteiger partial charge in [-0.2, -0.15) is 0 Å². The summed E-state index contributed by atoms with van der Waals surface area (Å²) in [6.45, 7) is 4.62. The van der Waals surface area contributed by atoms with Crippen LogP contribution in [-0.2, 0) is 11.2 Å². The number of nitrogens with zero attached hydrogens (tertiary/aromatic N) is 2. The molecule has 3 aromatic carbocycles. The third-order valence-corrected chi connectivity index (χ3v) is 7.65. The van der Waals surface area contributed by atoms with Gasteiger partial charge in [-0.05, 0) is 42.7 Å². The minimum atomic E-state index is -0.670. The molecule has 192 valence electrons. The molecule has 1 aromatic heterocycles. The predicted molar refractivity (Wildman–Crippen MR) is 147 cm³/mol. The van der Waals surface area contributed by atoms with E-state index in [1.165, 1.54) is 4.90 Å². The van der Waals surface area contributed by atoms with Crippen molar-refractivity contribution in [1.29, 1.82) is 0 Å². The number of aryl methyl sites for hydroxylation is 1. The van der Waals surface area contributed by atoms with Gasteiger partial charge in [-0.25, -0.2) is 9.69 Å². The van der Waals surface area contributed by atoms with Crippen molar-refractivity contribution >= 4 is 34.4 Å². The molecule has 0 spiro atoms. The van der Waals surface area contributed by atoms with Crippen molar-refractivity contribution in [2.45, 2.75) is 45.2 Å². The van der Waals surface area contributed by atoms with E-state index in [2.05, 4.69) is 23.3 Å². The van der Waals surface area contributed by atoms with E-state index in [1.54, 1.807) is 29.2 Å². The first-order chi connectivity index (χ1) is 18.5.